The number of para-hydroxylation sites is 1. The van der Waals surface area contributed by atoms with Crippen molar-refractivity contribution in [3.05, 3.63) is 101 Å². The first-order valence-corrected chi connectivity index (χ1v) is 11.8. The van der Waals surface area contributed by atoms with Gasteiger partial charge in [0.05, 0.1) is 12.6 Å². The van der Waals surface area contributed by atoms with Crippen LogP contribution in [0.2, 0.25) is 0 Å². The lowest BCUT2D eigenvalue weighted by molar-refractivity contribution is 0.0765. The van der Waals surface area contributed by atoms with Crippen LogP contribution in [0.5, 0.6) is 5.75 Å². The van der Waals surface area contributed by atoms with Gasteiger partial charge in [0.1, 0.15) is 11.6 Å². The molecule has 6 rings (SSSR count). The molecule has 3 aromatic carbocycles. The molecule has 0 saturated carbocycles. The minimum absolute atomic E-state index is 0.0199. The van der Waals surface area contributed by atoms with Gasteiger partial charge in [-0.2, -0.15) is 0 Å². The molecule has 0 radical (unpaired) electrons. The van der Waals surface area contributed by atoms with E-state index in [-0.39, 0.29) is 11.2 Å². The fourth-order valence-electron chi connectivity index (χ4n) is 6.27. The smallest absolute Gasteiger partial charge is 0.147 e. The van der Waals surface area contributed by atoms with Crippen molar-refractivity contribution in [1.29, 1.82) is 0 Å². The minimum Gasteiger partial charge on any atom is -0.497 e. The van der Waals surface area contributed by atoms with Crippen LogP contribution in [0.25, 0.3) is 10.9 Å². The van der Waals surface area contributed by atoms with Crippen molar-refractivity contribution in [3.63, 3.8) is 0 Å². The summed E-state index contributed by atoms with van der Waals surface area (Å²) < 4.78 is 20.2. The molecule has 0 spiro atoms. The first-order chi connectivity index (χ1) is 16.2. The zero-order valence-corrected chi connectivity index (χ0v) is 19.0. The number of benzene rings is 3. The Hall–Kier alpha value is -3.11. The molecule has 2 unspecified atom stereocenters. The minimum atomic E-state index is -0.161. The number of aromatic nitrogens is 1. The van der Waals surface area contributed by atoms with E-state index >= 15 is 0 Å². The topological polar surface area (TPSA) is 28.3 Å². The van der Waals surface area contributed by atoms with E-state index < -0.39 is 0 Å². The molecule has 3 nitrogen and oxygen atoms in total. The predicted octanol–water partition coefficient (Wildman–Crippen LogP) is 5.87. The average Bonchev–Trinajstić information content (AvgIpc) is 3.22. The Labute approximate surface area is 194 Å². The van der Waals surface area contributed by atoms with Gasteiger partial charge in [0.25, 0.3) is 0 Å². The number of nitrogens with one attached hydrogen (secondary N) is 1. The zero-order chi connectivity index (χ0) is 22.4. The molecule has 1 aromatic heterocycles. The van der Waals surface area contributed by atoms with Crippen molar-refractivity contribution in [2.45, 2.75) is 31.2 Å². The molecule has 4 aromatic rings. The first kappa shape index (κ1) is 20.5. The number of halogens is 1. The zero-order valence-electron chi connectivity index (χ0n) is 19.0. The van der Waals surface area contributed by atoms with Crippen molar-refractivity contribution in [2.24, 2.45) is 5.92 Å². The maximum Gasteiger partial charge on any atom is 0.147 e. The normalized spacial score (nSPS) is 22.7. The quantitative estimate of drug-likeness (QED) is 0.430. The van der Waals surface area contributed by atoms with Crippen LogP contribution in [0, 0.1) is 11.7 Å². The number of hydrogen-bond acceptors (Lipinski definition) is 2. The molecule has 33 heavy (non-hydrogen) atoms. The fraction of sp³-hybridized carbons (Fsp3) is 0.310. The van der Waals surface area contributed by atoms with E-state index in [0.29, 0.717) is 11.4 Å². The molecule has 1 aliphatic carbocycles. The first-order valence-electron chi connectivity index (χ1n) is 11.8. The highest BCUT2D eigenvalue weighted by molar-refractivity contribution is 5.85. The highest BCUT2D eigenvalue weighted by atomic mass is 19.1. The number of rotatable bonds is 4. The van der Waals surface area contributed by atoms with E-state index in [1.807, 2.05) is 12.1 Å². The molecular weight excluding hydrogens is 411 g/mol. The van der Waals surface area contributed by atoms with Crippen molar-refractivity contribution in [3.8, 4) is 5.75 Å². The number of piperidine rings is 1. The largest absolute Gasteiger partial charge is 0.497 e. The third-order valence-corrected chi connectivity index (χ3v) is 7.95. The summed E-state index contributed by atoms with van der Waals surface area (Å²) in [6.45, 7) is 3.06. The van der Waals surface area contributed by atoms with E-state index in [9.17, 15) is 4.39 Å². The molecule has 4 heteroatoms. The Kier molecular flexibility index (Phi) is 4.99. The van der Waals surface area contributed by atoms with Crippen LogP contribution >= 0.6 is 0 Å². The van der Waals surface area contributed by atoms with E-state index in [1.165, 1.54) is 22.4 Å². The summed E-state index contributed by atoms with van der Waals surface area (Å²) >= 11 is 0. The Morgan fingerprint density at radius 2 is 1.91 bits per heavy atom. The monoisotopic (exact) mass is 440 g/mol. The highest BCUT2D eigenvalue weighted by Gasteiger charge is 2.48. The Balaban J connectivity index is 1.42. The molecular formula is C29H29FN2O. The summed E-state index contributed by atoms with van der Waals surface area (Å²) in [7, 11) is 1.73. The second-order valence-corrected chi connectivity index (χ2v) is 9.68. The predicted molar refractivity (Wildman–Crippen MR) is 130 cm³/mol. The van der Waals surface area contributed by atoms with Crippen LogP contribution in [0.15, 0.2) is 72.8 Å². The number of aromatic amines is 1. The molecule has 0 bridgehead atoms. The van der Waals surface area contributed by atoms with Gasteiger partial charge in [-0.25, -0.2) is 4.39 Å². The van der Waals surface area contributed by atoms with Gasteiger partial charge in [-0.1, -0.05) is 54.6 Å². The summed E-state index contributed by atoms with van der Waals surface area (Å²) in [5.41, 5.74) is 5.88. The summed E-state index contributed by atoms with van der Waals surface area (Å²) in [6.07, 6.45) is 2.95. The van der Waals surface area contributed by atoms with E-state index in [2.05, 4.69) is 64.5 Å². The van der Waals surface area contributed by atoms with Crippen molar-refractivity contribution in [2.75, 3.05) is 20.2 Å². The van der Waals surface area contributed by atoms with E-state index in [4.69, 9.17) is 4.74 Å². The van der Waals surface area contributed by atoms with Gasteiger partial charge in [-0.3, -0.25) is 4.90 Å². The SMILES string of the molecule is COc1cccc(C23CCN(Cc4ccccc4)CC2Cc2c([nH]c4c(F)cccc24)C3)c1. The van der Waals surface area contributed by atoms with E-state index in [1.54, 1.807) is 13.2 Å². The van der Waals surface area contributed by atoms with Gasteiger partial charge < -0.3 is 9.72 Å². The van der Waals surface area contributed by atoms with Gasteiger partial charge >= 0.3 is 0 Å². The molecule has 1 fully saturated rings. The number of ether oxygens (including phenoxy) is 1. The van der Waals surface area contributed by atoms with Gasteiger partial charge in [0.2, 0.25) is 0 Å². The number of likely N-dealkylation sites (tertiary alicyclic amines) is 1. The summed E-state index contributed by atoms with van der Waals surface area (Å²) in [6, 6.07) is 24.8. The lowest BCUT2D eigenvalue weighted by atomic mass is 9.58. The Morgan fingerprint density at radius 1 is 1.06 bits per heavy atom. The van der Waals surface area contributed by atoms with E-state index in [0.717, 1.165) is 50.0 Å². The van der Waals surface area contributed by atoms with Gasteiger partial charge in [-0.15, -0.1) is 0 Å². The second kappa shape index (κ2) is 8.03. The van der Waals surface area contributed by atoms with Crippen LogP contribution in [0.3, 0.4) is 0 Å². The maximum atomic E-state index is 14.6. The van der Waals surface area contributed by atoms with Crippen LogP contribution in [0.4, 0.5) is 4.39 Å². The van der Waals surface area contributed by atoms with Gasteiger partial charge in [0.15, 0.2) is 0 Å². The lowest BCUT2D eigenvalue weighted by Crippen LogP contribution is -2.53. The van der Waals surface area contributed by atoms with Crippen LogP contribution in [0.1, 0.15) is 28.8 Å². The molecule has 168 valence electrons. The molecule has 1 N–H and O–H groups in total. The molecule has 1 aliphatic heterocycles. The highest BCUT2D eigenvalue weighted by Crippen LogP contribution is 2.49. The third kappa shape index (κ3) is 3.44. The maximum absolute atomic E-state index is 14.6. The number of methoxy groups -OCH3 is 1. The second-order valence-electron chi connectivity index (χ2n) is 9.68. The Bertz CT molecular complexity index is 1300. The lowest BCUT2D eigenvalue weighted by Gasteiger charge is -2.51. The molecule has 1 saturated heterocycles. The average molecular weight is 441 g/mol. The number of hydrogen-bond donors (Lipinski definition) is 1. The Morgan fingerprint density at radius 3 is 2.76 bits per heavy atom. The summed E-state index contributed by atoms with van der Waals surface area (Å²) in [4.78, 5) is 6.07. The van der Waals surface area contributed by atoms with Crippen molar-refractivity contribution in [1.82, 2.24) is 9.88 Å². The molecule has 0 amide bonds. The van der Waals surface area contributed by atoms with Gasteiger partial charge in [0, 0.05) is 29.6 Å². The van der Waals surface area contributed by atoms with Crippen molar-refractivity contribution < 1.29 is 9.13 Å². The third-order valence-electron chi connectivity index (χ3n) is 7.95. The molecule has 2 aliphatic rings. The van der Waals surface area contributed by atoms with Crippen LogP contribution < -0.4 is 4.74 Å². The standard InChI is InChI=1S/C29H29FN2O/c1-33-23-10-5-9-21(15-23)29-13-14-32(18-20-7-3-2-4-8-20)19-22(29)16-25-24-11-6-12-26(30)28(24)31-27(25)17-29/h2-12,15,22,31H,13-14,16-19H2,1H3. The molecule has 2 atom stereocenters. The van der Waals surface area contributed by atoms with Gasteiger partial charge in [-0.05, 0) is 66.6 Å². The molecule has 2 heterocycles. The summed E-state index contributed by atoms with van der Waals surface area (Å²) in [5, 5.41) is 1.05. The number of H-pyrrole nitrogens is 1. The van der Waals surface area contributed by atoms with Crippen LogP contribution in [-0.2, 0) is 24.8 Å². The number of fused-ring (bicyclic) bond motifs is 4. The summed E-state index contributed by atoms with van der Waals surface area (Å²) in [5.74, 6) is 1.20. The fourth-order valence-corrected chi connectivity index (χ4v) is 6.27. The number of nitrogens with zero attached hydrogens (tertiary/aromatic N) is 1. The van der Waals surface area contributed by atoms with Crippen molar-refractivity contribution >= 4 is 10.9 Å². The van der Waals surface area contributed by atoms with Crippen LogP contribution in [-0.4, -0.2) is 30.1 Å².